The summed E-state index contributed by atoms with van der Waals surface area (Å²) < 4.78 is 0. The largest absolute Gasteiger partial charge is 0.312 e. The van der Waals surface area contributed by atoms with Crippen LogP contribution in [0.4, 0.5) is 0 Å². The molecule has 84 valence electrons. The summed E-state index contributed by atoms with van der Waals surface area (Å²) in [4.78, 5) is 4.27. The SMILES string of the molecule is Cc1ncccc1CNCCc1ccsc1. The summed E-state index contributed by atoms with van der Waals surface area (Å²) in [5.74, 6) is 0. The van der Waals surface area contributed by atoms with E-state index in [1.807, 2.05) is 12.3 Å². The van der Waals surface area contributed by atoms with Gasteiger partial charge in [0, 0.05) is 18.4 Å². The van der Waals surface area contributed by atoms with E-state index in [1.165, 1.54) is 11.1 Å². The van der Waals surface area contributed by atoms with Crippen LogP contribution in [0.25, 0.3) is 0 Å². The molecule has 1 N–H and O–H groups in total. The Hall–Kier alpha value is -1.19. The Morgan fingerprint density at radius 3 is 3.06 bits per heavy atom. The van der Waals surface area contributed by atoms with E-state index >= 15 is 0 Å². The van der Waals surface area contributed by atoms with Gasteiger partial charge in [-0.15, -0.1) is 0 Å². The van der Waals surface area contributed by atoms with Gasteiger partial charge in [-0.05, 0) is 53.9 Å². The fraction of sp³-hybridized carbons (Fsp3) is 0.308. The van der Waals surface area contributed by atoms with Crippen LogP contribution in [0.1, 0.15) is 16.8 Å². The van der Waals surface area contributed by atoms with Gasteiger partial charge in [0.2, 0.25) is 0 Å². The van der Waals surface area contributed by atoms with Crippen LogP contribution >= 0.6 is 11.3 Å². The molecular weight excluding hydrogens is 216 g/mol. The number of hydrogen-bond donors (Lipinski definition) is 1. The fourth-order valence-corrected chi connectivity index (χ4v) is 2.30. The number of hydrogen-bond acceptors (Lipinski definition) is 3. The standard InChI is InChI=1S/C13H16N2S/c1-11-13(3-2-6-15-11)9-14-7-4-12-5-8-16-10-12/h2-3,5-6,8,10,14H,4,7,9H2,1H3. The molecule has 0 aliphatic rings. The summed E-state index contributed by atoms with van der Waals surface area (Å²) >= 11 is 1.76. The van der Waals surface area contributed by atoms with Crippen molar-refractivity contribution in [1.29, 1.82) is 0 Å². The van der Waals surface area contributed by atoms with E-state index in [2.05, 4.69) is 40.1 Å². The lowest BCUT2D eigenvalue weighted by Gasteiger charge is -2.06. The number of nitrogens with one attached hydrogen (secondary N) is 1. The molecule has 0 saturated carbocycles. The molecule has 3 heteroatoms. The van der Waals surface area contributed by atoms with E-state index in [0.29, 0.717) is 0 Å². The predicted octanol–water partition coefficient (Wildman–Crippen LogP) is 2.78. The van der Waals surface area contributed by atoms with Crippen LogP contribution in [0.5, 0.6) is 0 Å². The topological polar surface area (TPSA) is 24.9 Å². The Kier molecular flexibility index (Phi) is 4.08. The highest BCUT2D eigenvalue weighted by Gasteiger charge is 1.97. The minimum atomic E-state index is 0.907. The lowest BCUT2D eigenvalue weighted by atomic mass is 10.2. The number of rotatable bonds is 5. The summed E-state index contributed by atoms with van der Waals surface area (Å²) in [6.07, 6.45) is 2.94. The molecule has 0 bridgehead atoms. The maximum absolute atomic E-state index is 4.27. The van der Waals surface area contributed by atoms with Gasteiger partial charge in [-0.25, -0.2) is 0 Å². The van der Waals surface area contributed by atoms with E-state index in [0.717, 1.165) is 25.2 Å². The van der Waals surface area contributed by atoms with E-state index < -0.39 is 0 Å². The molecule has 2 aromatic heterocycles. The monoisotopic (exact) mass is 232 g/mol. The maximum atomic E-state index is 4.27. The van der Waals surface area contributed by atoms with Crippen LogP contribution in [0.3, 0.4) is 0 Å². The molecule has 0 aliphatic carbocycles. The lowest BCUT2D eigenvalue weighted by Crippen LogP contribution is -2.17. The van der Waals surface area contributed by atoms with Crippen molar-refractivity contribution in [3.05, 3.63) is 52.0 Å². The van der Waals surface area contributed by atoms with Crippen LogP contribution in [0, 0.1) is 6.92 Å². The van der Waals surface area contributed by atoms with Gasteiger partial charge in [0.05, 0.1) is 0 Å². The number of thiophene rings is 1. The maximum Gasteiger partial charge on any atom is 0.0417 e. The molecule has 0 aromatic carbocycles. The molecule has 0 radical (unpaired) electrons. The van der Waals surface area contributed by atoms with Gasteiger partial charge in [0.15, 0.2) is 0 Å². The Morgan fingerprint density at radius 2 is 2.31 bits per heavy atom. The van der Waals surface area contributed by atoms with Crippen LogP contribution in [-0.4, -0.2) is 11.5 Å². The molecule has 2 rings (SSSR count). The van der Waals surface area contributed by atoms with E-state index in [1.54, 1.807) is 11.3 Å². The summed E-state index contributed by atoms with van der Waals surface area (Å²) in [5.41, 5.74) is 3.82. The van der Waals surface area contributed by atoms with Gasteiger partial charge in [0.1, 0.15) is 0 Å². The summed E-state index contributed by atoms with van der Waals surface area (Å²) in [6, 6.07) is 6.30. The summed E-state index contributed by atoms with van der Waals surface area (Å²) in [5, 5.41) is 7.78. The van der Waals surface area contributed by atoms with Gasteiger partial charge in [-0.1, -0.05) is 6.07 Å². The summed E-state index contributed by atoms with van der Waals surface area (Å²) in [6.45, 7) is 3.98. The Bertz CT molecular complexity index is 423. The van der Waals surface area contributed by atoms with Gasteiger partial charge in [0.25, 0.3) is 0 Å². The van der Waals surface area contributed by atoms with Crippen molar-refractivity contribution in [2.75, 3.05) is 6.54 Å². The fourth-order valence-electron chi connectivity index (χ4n) is 1.60. The Labute approximate surface area is 100 Å². The first-order valence-electron chi connectivity index (χ1n) is 5.48. The van der Waals surface area contributed by atoms with E-state index in [-0.39, 0.29) is 0 Å². The third-order valence-electron chi connectivity index (χ3n) is 2.60. The Morgan fingerprint density at radius 1 is 1.38 bits per heavy atom. The molecule has 0 unspecified atom stereocenters. The smallest absolute Gasteiger partial charge is 0.0417 e. The van der Waals surface area contributed by atoms with E-state index in [9.17, 15) is 0 Å². The van der Waals surface area contributed by atoms with Crippen LogP contribution < -0.4 is 5.32 Å². The molecule has 0 spiro atoms. The zero-order valence-corrected chi connectivity index (χ0v) is 10.3. The first-order valence-corrected chi connectivity index (χ1v) is 6.43. The zero-order valence-electron chi connectivity index (χ0n) is 9.44. The van der Waals surface area contributed by atoms with Crippen molar-refractivity contribution in [3.63, 3.8) is 0 Å². The number of nitrogens with zero attached hydrogens (tertiary/aromatic N) is 1. The van der Waals surface area contributed by atoms with Crippen LogP contribution in [0.2, 0.25) is 0 Å². The van der Waals surface area contributed by atoms with Crippen molar-refractivity contribution in [2.45, 2.75) is 19.9 Å². The quantitative estimate of drug-likeness (QED) is 0.802. The van der Waals surface area contributed by atoms with Crippen LogP contribution in [0.15, 0.2) is 35.2 Å². The zero-order chi connectivity index (χ0) is 11.2. The second kappa shape index (κ2) is 5.77. The minimum Gasteiger partial charge on any atom is -0.312 e. The third-order valence-corrected chi connectivity index (χ3v) is 3.33. The molecule has 2 nitrogen and oxygen atoms in total. The number of aryl methyl sites for hydroxylation is 1. The normalized spacial score (nSPS) is 10.6. The molecule has 0 saturated heterocycles. The first kappa shape index (κ1) is 11.3. The van der Waals surface area contributed by atoms with Crippen LogP contribution in [-0.2, 0) is 13.0 Å². The third kappa shape index (κ3) is 3.15. The highest BCUT2D eigenvalue weighted by atomic mass is 32.1. The van der Waals surface area contributed by atoms with Crippen molar-refractivity contribution in [2.24, 2.45) is 0 Å². The number of aromatic nitrogens is 1. The molecule has 0 aliphatic heterocycles. The predicted molar refractivity (Wildman–Crippen MR) is 68.7 cm³/mol. The minimum absolute atomic E-state index is 0.907. The Balaban J connectivity index is 1.74. The van der Waals surface area contributed by atoms with Gasteiger partial charge >= 0.3 is 0 Å². The molecule has 2 heterocycles. The van der Waals surface area contributed by atoms with Crippen molar-refractivity contribution < 1.29 is 0 Å². The van der Waals surface area contributed by atoms with E-state index in [4.69, 9.17) is 0 Å². The lowest BCUT2D eigenvalue weighted by molar-refractivity contribution is 0.682. The highest BCUT2D eigenvalue weighted by molar-refractivity contribution is 7.07. The summed E-state index contributed by atoms with van der Waals surface area (Å²) in [7, 11) is 0. The average molecular weight is 232 g/mol. The molecule has 16 heavy (non-hydrogen) atoms. The highest BCUT2D eigenvalue weighted by Crippen LogP contribution is 2.06. The average Bonchev–Trinajstić information content (AvgIpc) is 2.79. The molecule has 0 fully saturated rings. The van der Waals surface area contributed by atoms with Crippen molar-refractivity contribution in [1.82, 2.24) is 10.3 Å². The first-order chi connectivity index (χ1) is 7.86. The molecule has 0 atom stereocenters. The number of pyridine rings is 1. The molecule has 0 amide bonds. The van der Waals surface area contributed by atoms with Gasteiger partial charge < -0.3 is 5.32 Å². The second-order valence-corrected chi connectivity index (χ2v) is 4.59. The second-order valence-electron chi connectivity index (χ2n) is 3.81. The molecule has 2 aromatic rings. The van der Waals surface area contributed by atoms with Crippen molar-refractivity contribution in [3.8, 4) is 0 Å². The van der Waals surface area contributed by atoms with Gasteiger partial charge in [-0.2, -0.15) is 11.3 Å². The van der Waals surface area contributed by atoms with Gasteiger partial charge in [-0.3, -0.25) is 4.98 Å². The van der Waals surface area contributed by atoms with Crippen molar-refractivity contribution >= 4 is 11.3 Å². The molecular formula is C13H16N2S.